The minimum atomic E-state index is -0.0787. The first-order chi connectivity index (χ1) is 4.63. The molecule has 1 unspecified atom stereocenters. The van der Waals surface area contributed by atoms with E-state index in [9.17, 15) is 4.79 Å². The number of ketones is 1. The molecule has 0 aromatic heterocycles. The second kappa shape index (κ2) is 4.04. The third-order valence-electron chi connectivity index (χ3n) is 1.57. The van der Waals surface area contributed by atoms with Gasteiger partial charge in [-0.25, -0.2) is 0 Å². The Labute approximate surface area is 60.7 Å². The van der Waals surface area contributed by atoms with Crippen LogP contribution in [0.5, 0.6) is 0 Å². The highest BCUT2D eigenvalue weighted by Crippen LogP contribution is 2.02. The highest BCUT2D eigenvalue weighted by Gasteiger charge is 2.13. The van der Waals surface area contributed by atoms with Crippen LogP contribution in [0.3, 0.4) is 0 Å². The van der Waals surface area contributed by atoms with Crippen LogP contribution in [0.2, 0.25) is 0 Å². The van der Waals surface area contributed by atoms with Crippen LogP contribution in [0.4, 0.5) is 0 Å². The number of rotatable bonds is 3. The molecule has 10 heavy (non-hydrogen) atoms. The van der Waals surface area contributed by atoms with Crippen LogP contribution in [0.15, 0.2) is 5.16 Å². The fourth-order valence-electron chi connectivity index (χ4n) is 0.591. The molecule has 0 amide bonds. The molecule has 0 bridgehead atoms. The van der Waals surface area contributed by atoms with E-state index in [0.29, 0.717) is 0 Å². The minimum Gasteiger partial charge on any atom is -0.411 e. The lowest BCUT2D eigenvalue weighted by Crippen LogP contribution is -2.18. The molecule has 0 saturated heterocycles. The number of oxime groups is 1. The van der Waals surface area contributed by atoms with Crippen LogP contribution < -0.4 is 0 Å². The molecule has 0 radical (unpaired) electrons. The lowest BCUT2D eigenvalue weighted by atomic mass is 10.0. The van der Waals surface area contributed by atoms with E-state index in [1.54, 1.807) is 0 Å². The Morgan fingerprint density at radius 2 is 2.20 bits per heavy atom. The van der Waals surface area contributed by atoms with Crippen molar-refractivity contribution in [2.24, 2.45) is 11.1 Å². The van der Waals surface area contributed by atoms with E-state index in [0.717, 1.165) is 6.42 Å². The van der Waals surface area contributed by atoms with Crippen LogP contribution in [0.25, 0.3) is 0 Å². The minimum absolute atomic E-state index is 0.0316. The van der Waals surface area contributed by atoms with Gasteiger partial charge in [0.05, 0.1) is 0 Å². The summed E-state index contributed by atoms with van der Waals surface area (Å²) in [6.45, 7) is 5.25. The molecule has 0 spiro atoms. The summed E-state index contributed by atoms with van der Waals surface area (Å²) >= 11 is 0. The summed E-state index contributed by atoms with van der Waals surface area (Å²) in [5, 5.41) is 11.0. The smallest absolute Gasteiger partial charge is 0.182 e. The quantitative estimate of drug-likeness (QED) is 0.369. The van der Waals surface area contributed by atoms with Gasteiger partial charge in [0.15, 0.2) is 5.78 Å². The van der Waals surface area contributed by atoms with Gasteiger partial charge in [-0.3, -0.25) is 4.79 Å². The Kier molecular flexibility index (Phi) is 3.69. The topological polar surface area (TPSA) is 49.7 Å². The highest BCUT2D eigenvalue weighted by molar-refractivity contribution is 6.39. The van der Waals surface area contributed by atoms with Crippen molar-refractivity contribution in [2.45, 2.75) is 27.2 Å². The largest absolute Gasteiger partial charge is 0.411 e. The molecular weight excluding hydrogens is 130 g/mol. The second-order valence-corrected chi connectivity index (χ2v) is 2.36. The van der Waals surface area contributed by atoms with Crippen molar-refractivity contribution in [3.05, 3.63) is 0 Å². The maximum atomic E-state index is 11.0. The van der Waals surface area contributed by atoms with Gasteiger partial charge in [0.25, 0.3) is 0 Å². The molecule has 0 aliphatic rings. The summed E-state index contributed by atoms with van der Waals surface area (Å²) in [5.41, 5.74) is 0.189. The zero-order chi connectivity index (χ0) is 8.15. The van der Waals surface area contributed by atoms with Gasteiger partial charge in [0, 0.05) is 5.92 Å². The summed E-state index contributed by atoms with van der Waals surface area (Å²) in [4.78, 5) is 11.0. The number of Topliss-reactive ketones (excluding diaryl/α,β-unsaturated/α-hetero) is 1. The van der Waals surface area contributed by atoms with Gasteiger partial charge in [-0.15, -0.1) is 0 Å². The summed E-state index contributed by atoms with van der Waals surface area (Å²) < 4.78 is 0. The van der Waals surface area contributed by atoms with Crippen LogP contribution >= 0.6 is 0 Å². The fraction of sp³-hybridized carbons (Fsp3) is 0.714. The monoisotopic (exact) mass is 143 g/mol. The average molecular weight is 143 g/mol. The average Bonchev–Trinajstić information content (AvgIpc) is 2.00. The van der Waals surface area contributed by atoms with Crippen LogP contribution in [-0.2, 0) is 4.79 Å². The van der Waals surface area contributed by atoms with Gasteiger partial charge < -0.3 is 5.21 Å². The van der Waals surface area contributed by atoms with E-state index < -0.39 is 0 Å². The fourth-order valence-corrected chi connectivity index (χ4v) is 0.591. The third-order valence-corrected chi connectivity index (χ3v) is 1.57. The van der Waals surface area contributed by atoms with E-state index in [-0.39, 0.29) is 17.4 Å². The van der Waals surface area contributed by atoms with Crippen molar-refractivity contribution >= 4 is 11.5 Å². The van der Waals surface area contributed by atoms with Gasteiger partial charge in [0.1, 0.15) is 5.71 Å². The van der Waals surface area contributed by atoms with E-state index in [1.165, 1.54) is 6.92 Å². The first-order valence-electron chi connectivity index (χ1n) is 3.36. The van der Waals surface area contributed by atoms with Gasteiger partial charge in [0.2, 0.25) is 0 Å². The number of hydrogen-bond acceptors (Lipinski definition) is 3. The SMILES string of the molecule is CCC(C)C(=O)/C(C)=N/O. The summed E-state index contributed by atoms with van der Waals surface area (Å²) in [6, 6.07) is 0. The van der Waals surface area contributed by atoms with Crippen molar-refractivity contribution in [1.29, 1.82) is 0 Å². The molecular formula is C7H13NO2. The first kappa shape index (κ1) is 9.14. The molecule has 0 fully saturated rings. The highest BCUT2D eigenvalue weighted by atomic mass is 16.4. The van der Waals surface area contributed by atoms with Crippen molar-refractivity contribution < 1.29 is 10.0 Å². The zero-order valence-electron chi connectivity index (χ0n) is 6.59. The molecule has 1 N–H and O–H groups in total. The Hall–Kier alpha value is -0.860. The Balaban J connectivity index is 4.08. The van der Waals surface area contributed by atoms with E-state index in [4.69, 9.17) is 5.21 Å². The molecule has 0 aliphatic heterocycles. The maximum Gasteiger partial charge on any atom is 0.182 e. The normalized spacial score (nSPS) is 14.9. The van der Waals surface area contributed by atoms with Gasteiger partial charge >= 0.3 is 0 Å². The summed E-state index contributed by atoms with van der Waals surface area (Å²) in [5.74, 6) is -0.110. The molecule has 3 nitrogen and oxygen atoms in total. The number of carbonyl (C=O) groups excluding carboxylic acids is 1. The molecule has 58 valence electrons. The molecule has 3 heteroatoms. The predicted molar refractivity (Wildman–Crippen MR) is 39.4 cm³/mol. The Morgan fingerprint density at radius 3 is 2.50 bits per heavy atom. The van der Waals surface area contributed by atoms with Crippen molar-refractivity contribution in [3.8, 4) is 0 Å². The number of hydrogen-bond donors (Lipinski definition) is 1. The molecule has 0 aliphatic carbocycles. The van der Waals surface area contributed by atoms with E-state index in [1.807, 2.05) is 13.8 Å². The molecule has 0 saturated carbocycles. The maximum absolute atomic E-state index is 11.0. The lowest BCUT2D eigenvalue weighted by molar-refractivity contribution is -0.116. The van der Waals surface area contributed by atoms with Crippen molar-refractivity contribution in [2.75, 3.05) is 0 Å². The van der Waals surface area contributed by atoms with Crippen molar-refractivity contribution in [1.82, 2.24) is 0 Å². The lowest BCUT2D eigenvalue weighted by Gasteiger charge is -2.03. The summed E-state index contributed by atoms with van der Waals surface area (Å²) in [6.07, 6.45) is 0.783. The zero-order valence-corrected chi connectivity index (χ0v) is 6.59. The molecule has 0 rings (SSSR count). The van der Waals surface area contributed by atoms with E-state index in [2.05, 4.69) is 5.16 Å². The Bertz CT molecular complexity index is 152. The van der Waals surface area contributed by atoms with Crippen molar-refractivity contribution in [3.63, 3.8) is 0 Å². The molecule has 0 aromatic rings. The van der Waals surface area contributed by atoms with E-state index >= 15 is 0 Å². The predicted octanol–water partition coefficient (Wildman–Crippen LogP) is 1.45. The van der Waals surface area contributed by atoms with Gasteiger partial charge in [-0.2, -0.15) is 0 Å². The third kappa shape index (κ3) is 2.17. The molecule has 0 heterocycles. The number of nitrogens with zero attached hydrogens (tertiary/aromatic N) is 1. The van der Waals surface area contributed by atoms with Crippen LogP contribution in [0.1, 0.15) is 27.2 Å². The summed E-state index contributed by atoms with van der Waals surface area (Å²) in [7, 11) is 0. The molecule has 1 atom stereocenters. The Morgan fingerprint density at radius 1 is 1.70 bits per heavy atom. The number of carbonyl (C=O) groups is 1. The molecule has 0 aromatic carbocycles. The second-order valence-electron chi connectivity index (χ2n) is 2.36. The van der Waals surface area contributed by atoms with Crippen LogP contribution in [-0.4, -0.2) is 16.7 Å². The van der Waals surface area contributed by atoms with Gasteiger partial charge in [-0.1, -0.05) is 19.0 Å². The first-order valence-corrected chi connectivity index (χ1v) is 3.36. The van der Waals surface area contributed by atoms with Gasteiger partial charge in [-0.05, 0) is 13.3 Å². The standard InChI is InChI=1S/C7H13NO2/c1-4-5(2)7(9)6(3)8-10/h5,10H,4H2,1-3H3/b8-6+. The van der Waals surface area contributed by atoms with Crippen LogP contribution in [0, 0.1) is 5.92 Å².